The van der Waals surface area contributed by atoms with E-state index in [0.717, 1.165) is 34.0 Å². The molecule has 0 spiro atoms. The number of aromatic amines is 1. The summed E-state index contributed by atoms with van der Waals surface area (Å²) in [6, 6.07) is 10.3. The Kier molecular flexibility index (Phi) is 4.92. The second-order valence-electron chi connectivity index (χ2n) is 7.25. The zero-order chi connectivity index (χ0) is 19.8. The molecule has 148 valence electrons. The summed E-state index contributed by atoms with van der Waals surface area (Å²) in [5, 5.41) is 15.6. The van der Waals surface area contributed by atoms with Crippen molar-refractivity contribution >= 4 is 33.3 Å². The maximum Gasteiger partial charge on any atom is 0.260 e. The van der Waals surface area contributed by atoms with Gasteiger partial charge in [0.2, 0.25) is 5.16 Å². The molecule has 0 radical (unpaired) electrons. The maximum atomic E-state index is 12.9. The smallest absolute Gasteiger partial charge is 0.260 e. The molecule has 5 rings (SSSR count). The van der Waals surface area contributed by atoms with Crippen molar-refractivity contribution < 1.29 is 0 Å². The number of aromatic nitrogens is 6. The van der Waals surface area contributed by atoms with Gasteiger partial charge in [0.15, 0.2) is 0 Å². The van der Waals surface area contributed by atoms with Crippen molar-refractivity contribution in [2.24, 2.45) is 0 Å². The summed E-state index contributed by atoms with van der Waals surface area (Å²) in [7, 11) is 0. The first-order chi connectivity index (χ1) is 14.2. The van der Waals surface area contributed by atoms with Gasteiger partial charge in [0, 0.05) is 10.9 Å². The lowest BCUT2D eigenvalue weighted by atomic mass is 10.1. The first-order valence-electron chi connectivity index (χ1n) is 9.72. The molecule has 0 amide bonds. The van der Waals surface area contributed by atoms with E-state index in [-0.39, 0.29) is 10.8 Å². The minimum absolute atomic E-state index is 0.0690. The lowest BCUT2D eigenvalue weighted by Crippen LogP contribution is -2.13. The molecule has 3 heterocycles. The maximum absolute atomic E-state index is 12.9. The number of hydrogen-bond donors (Lipinski definition) is 1. The molecule has 0 saturated heterocycles. The van der Waals surface area contributed by atoms with Crippen LogP contribution >= 0.6 is 23.1 Å². The van der Waals surface area contributed by atoms with Crippen LogP contribution in [0.5, 0.6) is 0 Å². The van der Waals surface area contributed by atoms with Crippen LogP contribution in [-0.4, -0.2) is 30.2 Å². The van der Waals surface area contributed by atoms with Gasteiger partial charge in [-0.05, 0) is 35.8 Å². The van der Waals surface area contributed by atoms with Gasteiger partial charge in [-0.15, -0.1) is 16.4 Å². The first kappa shape index (κ1) is 18.5. The average Bonchev–Trinajstić information content (AvgIpc) is 3.48. The Balaban J connectivity index is 1.45. The highest BCUT2D eigenvalue weighted by Crippen LogP contribution is 2.37. The number of fused-ring (bicyclic) bond motifs is 1. The predicted molar refractivity (Wildman–Crippen MR) is 115 cm³/mol. The van der Waals surface area contributed by atoms with Crippen LogP contribution in [0.4, 0.5) is 0 Å². The SMILES string of the molecule is C[C@@H](Sc1nnnn1C1CCCC1)c1nc2scc(-c3ccccc3)c2c(=O)[nH]1. The number of thioether (sulfide) groups is 1. The number of hydrogen-bond acceptors (Lipinski definition) is 7. The zero-order valence-corrected chi connectivity index (χ0v) is 17.5. The van der Waals surface area contributed by atoms with Crippen molar-refractivity contribution in [2.45, 2.75) is 49.1 Å². The van der Waals surface area contributed by atoms with E-state index < -0.39 is 0 Å². The summed E-state index contributed by atoms with van der Waals surface area (Å²) in [5.74, 6) is 0.648. The largest absolute Gasteiger partial charge is 0.309 e. The molecule has 1 aromatic carbocycles. The molecule has 29 heavy (non-hydrogen) atoms. The summed E-state index contributed by atoms with van der Waals surface area (Å²) in [6.07, 6.45) is 4.67. The molecule has 1 N–H and O–H groups in total. The Morgan fingerprint density at radius 2 is 2.03 bits per heavy atom. The zero-order valence-electron chi connectivity index (χ0n) is 15.9. The fraction of sp³-hybridized carbons (Fsp3) is 0.350. The highest BCUT2D eigenvalue weighted by molar-refractivity contribution is 7.99. The summed E-state index contributed by atoms with van der Waals surface area (Å²) in [4.78, 5) is 21.4. The molecule has 1 aliphatic rings. The number of nitrogens with one attached hydrogen (secondary N) is 1. The summed E-state index contributed by atoms with van der Waals surface area (Å²) < 4.78 is 1.93. The van der Waals surface area contributed by atoms with E-state index in [0.29, 0.717) is 17.3 Å². The van der Waals surface area contributed by atoms with Crippen LogP contribution in [0.15, 0.2) is 45.7 Å². The van der Waals surface area contributed by atoms with Crippen molar-refractivity contribution in [3.05, 3.63) is 51.9 Å². The molecular weight excluding hydrogens is 404 g/mol. The molecule has 7 nitrogen and oxygen atoms in total. The van der Waals surface area contributed by atoms with E-state index in [4.69, 9.17) is 4.98 Å². The molecule has 0 unspecified atom stereocenters. The monoisotopic (exact) mass is 424 g/mol. The summed E-state index contributed by atoms with van der Waals surface area (Å²) >= 11 is 3.04. The number of thiophene rings is 1. The van der Waals surface area contributed by atoms with Gasteiger partial charge >= 0.3 is 0 Å². The van der Waals surface area contributed by atoms with E-state index >= 15 is 0 Å². The number of nitrogens with zero attached hydrogens (tertiary/aromatic N) is 5. The average molecular weight is 425 g/mol. The molecular formula is C20H20N6OS2. The van der Waals surface area contributed by atoms with Gasteiger partial charge in [-0.3, -0.25) is 4.79 Å². The molecule has 1 atom stereocenters. The molecule has 9 heteroatoms. The molecule has 4 aromatic rings. The minimum atomic E-state index is -0.104. The predicted octanol–water partition coefficient (Wildman–Crippen LogP) is 4.61. The van der Waals surface area contributed by atoms with Crippen LogP contribution in [0.3, 0.4) is 0 Å². The van der Waals surface area contributed by atoms with Gasteiger partial charge in [0.05, 0.1) is 16.7 Å². The van der Waals surface area contributed by atoms with E-state index in [1.54, 1.807) is 0 Å². The van der Waals surface area contributed by atoms with Crippen molar-refractivity contribution in [3.8, 4) is 11.1 Å². The van der Waals surface area contributed by atoms with Crippen LogP contribution < -0.4 is 5.56 Å². The second kappa shape index (κ2) is 7.72. The highest BCUT2D eigenvalue weighted by atomic mass is 32.2. The second-order valence-corrected chi connectivity index (χ2v) is 9.42. The van der Waals surface area contributed by atoms with Gasteiger partial charge in [-0.2, -0.15) is 0 Å². The third kappa shape index (κ3) is 3.49. The highest BCUT2D eigenvalue weighted by Gasteiger charge is 2.24. The summed E-state index contributed by atoms with van der Waals surface area (Å²) in [5.41, 5.74) is 1.85. The molecule has 0 bridgehead atoms. The summed E-state index contributed by atoms with van der Waals surface area (Å²) in [6.45, 7) is 2.02. The molecule has 1 fully saturated rings. The van der Waals surface area contributed by atoms with Crippen LogP contribution in [0.25, 0.3) is 21.3 Å². The van der Waals surface area contributed by atoms with Gasteiger partial charge in [0.1, 0.15) is 10.7 Å². The minimum Gasteiger partial charge on any atom is -0.309 e. The Labute approximate surface area is 175 Å². The first-order valence-corrected chi connectivity index (χ1v) is 11.5. The standard InChI is InChI=1S/C20H20N6OS2/c1-12(29-20-23-24-25-26(20)14-9-5-6-10-14)17-21-18(27)16-15(11-28-19(16)22-17)13-7-3-2-4-8-13/h2-4,7-8,11-12,14H,5-6,9-10H2,1H3,(H,21,22,27)/t12-/m1/s1. The lowest BCUT2D eigenvalue weighted by Gasteiger charge is -2.13. The van der Waals surface area contributed by atoms with Crippen LogP contribution in [0, 0.1) is 0 Å². The quantitative estimate of drug-likeness (QED) is 0.471. The van der Waals surface area contributed by atoms with E-state index in [2.05, 4.69) is 20.5 Å². The van der Waals surface area contributed by atoms with Gasteiger partial charge in [-0.25, -0.2) is 9.67 Å². The van der Waals surface area contributed by atoms with Gasteiger partial charge in [-0.1, -0.05) is 54.9 Å². The van der Waals surface area contributed by atoms with Crippen molar-refractivity contribution in [2.75, 3.05) is 0 Å². The fourth-order valence-electron chi connectivity index (χ4n) is 3.84. The number of rotatable bonds is 5. The Morgan fingerprint density at radius 1 is 1.24 bits per heavy atom. The van der Waals surface area contributed by atoms with E-state index in [1.807, 2.05) is 47.3 Å². The molecule has 1 aliphatic carbocycles. The molecule has 0 aliphatic heterocycles. The Hall–Kier alpha value is -2.52. The topological polar surface area (TPSA) is 89.3 Å². The van der Waals surface area contributed by atoms with Crippen LogP contribution in [-0.2, 0) is 0 Å². The Bertz CT molecular complexity index is 1190. The van der Waals surface area contributed by atoms with Crippen LogP contribution in [0.1, 0.15) is 49.7 Å². The lowest BCUT2D eigenvalue weighted by molar-refractivity contribution is 0.422. The normalized spacial score (nSPS) is 15.9. The number of tetrazole rings is 1. The van der Waals surface area contributed by atoms with Crippen molar-refractivity contribution in [3.63, 3.8) is 0 Å². The molecule has 3 aromatic heterocycles. The number of benzene rings is 1. The van der Waals surface area contributed by atoms with E-state index in [9.17, 15) is 4.79 Å². The van der Waals surface area contributed by atoms with Crippen LogP contribution in [0.2, 0.25) is 0 Å². The number of H-pyrrole nitrogens is 1. The van der Waals surface area contributed by atoms with Crippen molar-refractivity contribution in [1.29, 1.82) is 0 Å². The third-order valence-corrected chi connectivity index (χ3v) is 7.28. The van der Waals surface area contributed by atoms with E-state index in [1.165, 1.54) is 35.9 Å². The Morgan fingerprint density at radius 3 is 2.83 bits per heavy atom. The van der Waals surface area contributed by atoms with Gasteiger partial charge in [0.25, 0.3) is 5.56 Å². The van der Waals surface area contributed by atoms with Gasteiger partial charge < -0.3 is 4.98 Å². The third-order valence-electron chi connectivity index (χ3n) is 5.35. The van der Waals surface area contributed by atoms with Crippen molar-refractivity contribution in [1.82, 2.24) is 30.2 Å². The molecule has 1 saturated carbocycles. The fourth-order valence-corrected chi connectivity index (χ4v) is 5.71.